The van der Waals surface area contributed by atoms with Crippen molar-refractivity contribution in [2.45, 2.75) is 51.7 Å². The van der Waals surface area contributed by atoms with Crippen molar-refractivity contribution in [3.8, 4) is 22.8 Å². The van der Waals surface area contributed by atoms with Gasteiger partial charge in [-0.05, 0) is 44.5 Å². The standard InChI is InChI=1S/C22H26N4O3/c1-2-26-14-16(12-23-26)13-25-9-5-3-4-6-19(25)18-11-21(29-24-18)17-7-8-20-22(10-17)28-15-27-20/h7-8,10-12,14,19H,2-6,9,13,15H2,1H3. The van der Waals surface area contributed by atoms with E-state index in [4.69, 9.17) is 14.0 Å². The highest BCUT2D eigenvalue weighted by molar-refractivity contribution is 5.63. The van der Waals surface area contributed by atoms with E-state index in [1.807, 2.05) is 29.1 Å². The molecule has 152 valence electrons. The molecule has 0 bridgehead atoms. The highest BCUT2D eigenvalue weighted by Gasteiger charge is 2.26. The third-order valence-corrected chi connectivity index (χ3v) is 5.79. The summed E-state index contributed by atoms with van der Waals surface area (Å²) in [6.45, 7) is 5.22. The smallest absolute Gasteiger partial charge is 0.231 e. The van der Waals surface area contributed by atoms with Crippen molar-refractivity contribution in [1.29, 1.82) is 0 Å². The lowest BCUT2D eigenvalue weighted by molar-refractivity contribution is 0.174. The zero-order valence-corrected chi connectivity index (χ0v) is 16.7. The van der Waals surface area contributed by atoms with Gasteiger partial charge in [0, 0.05) is 36.5 Å². The largest absolute Gasteiger partial charge is 0.454 e. The van der Waals surface area contributed by atoms with Crippen molar-refractivity contribution in [1.82, 2.24) is 19.8 Å². The second-order valence-electron chi connectivity index (χ2n) is 7.72. The van der Waals surface area contributed by atoms with Crippen molar-refractivity contribution >= 4 is 0 Å². The van der Waals surface area contributed by atoms with Crippen molar-refractivity contribution in [2.75, 3.05) is 13.3 Å². The van der Waals surface area contributed by atoms with E-state index in [1.54, 1.807) is 0 Å². The lowest BCUT2D eigenvalue weighted by Crippen LogP contribution is -2.28. The van der Waals surface area contributed by atoms with E-state index in [2.05, 4.69) is 34.3 Å². The molecular weight excluding hydrogens is 368 g/mol. The quantitative estimate of drug-likeness (QED) is 0.639. The Kier molecular flexibility index (Phi) is 4.97. The van der Waals surface area contributed by atoms with Gasteiger partial charge in [0.25, 0.3) is 0 Å². The van der Waals surface area contributed by atoms with Crippen molar-refractivity contribution in [2.24, 2.45) is 0 Å². The molecule has 2 aliphatic heterocycles. The average molecular weight is 394 g/mol. The molecule has 0 spiro atoms. The summed E-state index contributed by atoms with van der Waals surface area (Å²) in [5.74, 6) is 2.29. The summed E-state index contributed by atoms with van der Waals surface area (Å²) in [6, 6.07) is 8.20. The molecule has 29 heavy (non-hydrogen) atoms. The number of rotatable bonds is 5. The van der Waals surface area contributed by atoms with Crippen molar-refractivity contribution in [3.63, 3.8) is 0 Å². The SMILES string of the molecule is CCn1cc(CN2CCCCCC2c2cc(-c3ccc4c(c3)OCO4)on2)cn1. The van der Waals surface area contributed by atoms with Gasteiger partial charge >= 0.3 is 0 Å². The maximum Gasteiger partial charge on any atom is 0.231 e. The Morgan fingerprint density at radius 3 is 2.93 bits per heavy atom. The summed E-state index contributed by atoms with van der Waals surface area (Å²) in [5.41, 5.74) is 3.21. The first kappa shape index (κ1) is 18.2. The first-order valence-electron chi connectivity index (χ1n) is 10.4. The van der Waals surface area contributed by atoms with Crippen LogP contribution >= 0.6 is 0 Å². The molecule has 1 unspecified atom stereocenters. The number of ether oxygens (including phenoxy) is 2. The molecule has 1 saturated heterocycles. The maximum absolute atomic E-state index is 5.74. The van der Waals surface area contributed by atoms with Crippen LogP contribution in [-0.4, -0.2) is 33.2 Å². The summed E-state index contributed by atoms with van der Waals surface area (Å²) < 4.78 is 18.6. The van der Waals surface area contributed by atoms with Gasteiger partial charge in [-0.3, -0.25) is 9.58 Å². The number of aromatic nitrogens is 3. The Balaban J connectivity index is 1.38. The first-order chi connectivity index (χ1) is 14.3. The predicted molar refractivity (Wildman–Crippen MR) is 108 cm³/mol. The third-order valence-electron chi connectivity index (χ3n) is 5.79. The molecule has 0 radical (unpaired) electrons. The second-order valence-corrected chi connectivity index (χ2v) is 7.72. The van der Waals surface area contributed by atoms with Gasteiger partial charge in [-0.1, -0.05) is 18.0 Å². The van der Waals surface area contributed by atoms with E-state index in [0.717, 1.165) is 54.6 Å². The number of nitrogens with zero attached hydrogens (tertiary/aromatic N) is 4. The zero-order valence-electron chi connectivity index (χ0n) is 16.7. The van der Waals surface area contributed by atoms with E-state index in [-0.39, 0.29) is 12.8 Å². The third kappa shape index (κ3) is 3.74. The van der Waals surface area contributed by atoms with Gasteiger partial charge in [-0.2, -0.15) is 5.10 Å². The lowest BCUT2D eigenvalue weighted by atomic mass is 10.0. The molecule has 1 atom stereocenters. The van der Waals surface area contributed by atoms with Crippen LogP contribution in [0.1, 0.15) is 49.9 Å². The lowest BCUT2D eigenvalue weighted by Gasteiger charge is -2.27. The molecule has 3 aromatic rings. The summed E-state index contributed by atoms with van der Waals surface area (Å²) in [7, 11) is 0. The molecule has 2 aliphatic rings. The van der Waals surface area contributed by atoms with Crippen LogP contribution < -0.4 is 9.47 Å². The van der Waals surface area contributed by atoms with E-state index in [1.165, 1.54) is 24.8 Å². The molecule has 5 rings (SSSR count). The van der Waals surface area contributed by atoms with Gasteiger partial charge in [-0.25, -0.2) is 0 Å². The molecule has 0 amide bonds. The second kappa shape index (κ2) is 7.91. The highest BCUT2D eigenvalue weighted by Crippen LogP contribution is 2.37. The number of aryl methyl sites for hydroxylation is 1. The van der Waals surface area contributed by atoms with Crippen LogP contribution in [0.4, 0.5) is 0 Å². The van der Waals surface area contributed by atoms with Gasteiger partial charge in [0.15, 0.2) is 17.3 Å². The monoisotopic (exact) mass is 394 g/mol. The van der Waals surface area contributed by atoms with Crippen LogP contribution in [0.5, 0.6) is 11.5 Å². The predicted octanol–water partition coefficient (Wildman–Crippen LogP) is 4.40. The summed E-state index contributed by atoms with van der Waals surface area (Å²) in [6.07, 6.45) is 8.89. The maximum atomic E-state index is 5.74. The van der Waals surface area contributed by atoms with Crippen molar-refractivity contribution < 1.29 is 14.0 Å². The van der Waals surface area contributed by atoms with Gasteiger partial charge in [0.1, 0.15) is 5.69 Å². The molecule has 4 heterocycles. The minimum absolute atomic E-state index is 0.258. The van der Waals surface area contributed by atoms with Gasteiger partial charge < -0.3 is 14.0 Å². The van der Waals surface area contributed by atoms with Crippen LogP contribution in [0.3, 0.4) is 0 Å². The van der Waals surface area contributed by atoms with E-state index in [9.17, 15) is 0 Å². The molecule has 0 N–H and O–H groups in total. The Hall–Kier alpha value is -2.80. The summed E-state index contributed by atoms with van der Waals surface area (Å²) in [5, 5.41) is 8.88. The Morgan fingerprint density at radius 2 is 2.03 bits per heavy atom. The molecule has 0 aliphatic carbocycles. The fraction of sp³-hybridized carbons (Fsp3) is 0.455. The normalized spacial score (nSPS) is 19.4. The summed E-state index contributed by atoms with van der Waals surface area (Å²) in [4.78, 5) is 2.52. The number of hydrogen-bond acceptors (Lipinski definition) is 6. The number of likely N-dealkylation sites (tertiary alicyclic amines) is 1. The topological polar surface area (TPSA) is 65.5 Å². The Morgan fingerprint density at radius 1 is 1.10 bits per heavy atom. The molecule has 2 aromatic heterocycles. The zero-order chi connectivity index (χ0) is 19.6. The van der Waals surface area contributed by atoms with Gasteiger partial charge in [0.2, 0.25) is 6.79 Å². The minimum Gasteiger partial charge on any atom is -0.454 e. The molecule has 7 heteroatoms. The van der Waals surface area contributed by atoms with E-state index < -0.39 is 0 Å². The number of fused-ring (bicyclic) bond motifs is 1. The Labute approximate surface area is 170 Å². The molecule has 7 nitrogen and oxygen atoms in total. The van der Waals surface area contributed by atoms with Crippen LogP contribution in [0, 0.1) is 0 Å². The van der Waals surface area contributed by atoms with Gasteiger partial charge in [0.05, 0.1) is 12.2 Å². The average Bonchev–Trinajstić information content (AvgIpc) is 3.47. The number of hydrogen-bond donors (Lipinski definition) is 0. The van der Waals surface area contributed by atoms with Crippen LogP contribution in [-0.2, 0) is 13.1 Å². The highest BCUT2D eigenvalue weighted by atomic mass is 16.7. The molecule has 1 fully saturated rings. The molecule has 1 aromatic carbocycles. The van der Waals surface area contributed by atoms with E-state index >= 15 is 0 Å². The van der Waals surface area contributed by atoms with Crippen LogP contribution in [0.15, 0.2) is 41.2 Å². The number of benzene rings is 1. The summed E-state index contributed by atoms with van der Waals surface area (Å²) >= 11 is 0. The minimum atomic E-state index is 0.258. The molecular formula is C22H26N4O3. The van der Waals surface area contributed by atoms with Crippen molar-refractivity contribution in [3.05, 3.63) is 47.9 Å². The van der Waals surface area contributed by atoms with Crippen LogP contribution in [0.2, 0.25) is 0 Å². The first-order valence-corrected chi connectivity index (χ1v) is 10.4. The van der Waals surface area contributed by atoms with Crippen LogP contribution in [0.25, 0.3) is 11.3 Å². The fourth-order valence-corrected chi connectivity index (χ4v) is 4.22. The fourth-order valence-electron chi connectivity index (χ4n) is 4.22. The molecule has 0 saturated carbocycles. The van der Waals surface area contributed by atoms with E-state index in [0.29, 0.717) is 0 Å². The Bertz CT molecular complexity index is 980. The van der Waals surface area contributed by atoms with Gasteiger partial charge in [-0.15, -0.1) is 0 Å².